The van der Waals surface area contributed by atoms with Crippen molar-refractivity contribution in [2.24, 2.45) is 0 Å². The number of sulfonamides is 1. The Morgan fingerprint density at radius 1 is 1.35 bits per heavy atom. The fourth-order valence-electron chi connectivity index (χ4n) is 2.16. The van der Waals surface area contributed by atoms with Crippen LogP contribution in [0.25, 0.3) is 0 Å². The third-order valence-electron chi connectivity index (χ3n) is 3.18. The van der Waals surface area contributed by atoms with E-state index in [-0.39, 0.29) is 17.9 Å². The van der Waals surface area contributed by atoms with Gasteiger partial charge in [-0.3, -0.25) is 4.79 Å². The van der Waals surface area contributed by atoms with Gasteiger partial charge in [0.2, 0.25) is 10.0 Å². The Morgan fingerprint density at radius 2 is 1.95 bits per heavy atom. The number of nitrogens with zero attached hydrogens (tertiary/aromatic N) is 1. The second-order valence-corrected chi connectivity index (χ2v) is 6.38. The largest absolute Gasteiger partial charge is 0.497 e. The van der Waals surface area contributed by atoms with Crippen molar-refractivity contribution in [2.45, 2.75) is 23.5 Å². The van der Waals surface area contributed by atoms with Gasteiger partial charge in [-0.25, -0.2) is 8.42 Å². The van der Waals surface area contributed by atoms with E-state index < -0.39 is 28.1 Å². The predicted molar refractivity (Wildman–Crippen MR) is 68.9 cm³/mol. The van der Waals surface area contributed by atoms with Gasteiger partial charge in [-0.2, -0.15) is 4.31 Å². The Morgan fingerprint density at radius 3 is 2.45 bits per heavy atom. The molecule has 1 aromatic carbocycles. The topological polar surface area (TPSA) is 104 Å². The van der Waals surface area contributed by atoms with Crippen molar-refractivity contribution in [3.8, 4) is 5.75 Å². The summed E-state index contributed by atoms with van der Waals surface area (Å²) in [5.41, 5.74) is 0. The first-order chi connectivity index (χ1) is 9.36. The molecule has 0 aromatic heterocycles. The summed E-state index contributed by atoms with van der Waals surface area (Å²) in [5, 5.41) is 18.6. The van der Waals surface area contributed by atoms with Crippen molar-refractivity contribution >= 4 is 16.0 Å². The monoisotopic (exact) mass is 301 g/mol. The van der Waals surface area contributed by atoms with Crippen LogP contribution < -0.4 is 4.74 Å². The molecule has 0 saturated carbocycles. The molecule has 2 rings (SSSR count). The van der Waals surface area contributed by atoms with Crippen LogP contribution in [0.3, 0.4) is 0 Å². The average Bonchev–Trinajstić information content (AvgIpc) is 2.82. The molecule has 1 aromatic rings. The number of β-amino-alcohol motifs (C(OH)–C–C–N with tert-alkyl or cyclic N) is 1. The summed E-state index contributed by atoms with van der Waals surface area (Å²) < 4.78 is 30.6. The second-order valence-electron chi connectivity index (χ2n) is 4.49. The summed E-state index contributed by atoms with van der Waals surface area (Å²) in [4.78, 5) is 11.1. The van der Waals surface area contributed by atoms with Crippen molar-refractivity contribution in [2.75, 3.05) is 13.7 Å². The number of aliphatic hydroxyl groups is 1. The molecule has 0 amide bonds. The fourth-order valence-corrected chi connectivity index (χ4v) is 3.79. The Hall–Kier alpha value is -1.64. The average molecular weight is 301 g/mol. The molecule has 1 aliphatic rings. The van der Waals surface area contributed by atoms with Gasteiger partial charge in [0.15, 0.2) is 0 Å². The van der Waals surface area contributed by atoms with Gasteiger partial charge in [-0.1, -0.05) is 0 Å². The highest BCUT2D eigenvalue weighted by molar-refractivity contribution is 7.89. The molecule has 2 N–H and O–H groups in total. The number of aliphatic hydroxyl groups excluding tert-OH is 1. The van der Waals surface area contributed by atoms with E-state index in [2.05, 4.69) is 0 Å². The molecule has 1 fully saturated rings. The molecule has 2 atom stereocenters. The highest BCUT2D eigenvalue weighted by atomic mass is 32.2. The van der Waals surface area contributed by atoms with E-state index >= 15 is 0 Å². The van der Waals surface area contributed by atoms with Crippen molar-refractivity contribution in [3.63, 3.8) is 0 Å². The molecule has 0 radical (unpaired) electrons. The molecule has 0 bridgehead atoms. The van der Waals surface area contributed by atoms with Crippen LogP contribution in [0.15, 0.2) is 29.2 Å². The minimum Gasteiger partial charge on any atom is -0.497 e. The first-order valence-electron chi connectivity index (χ1n) is 5.93. The van der Waals surface area contributed by atoms with Crippen molar-refractivity contribution < 1.29 is 28.2 Å². The Kier molecular flexibility index (Phi) is 3.98. The molecule has 20 heavy (non-hydrogen) atoms. The number of ether oxygens (including phenoxy) is 1. The fraction of sp³-hybridized carbons (Fsp3) is 0.417. The Bertz CT molecular complexity index is 597. The van der Waals surface area contributed by atoms with Gasteiger partial charge in [0.1, 0.15) is 11.8 Å². The Labute approximate surface area is 116 Å². The third kappa shape index (κ3) is 2.62. The number of methoxy groups -OCH3 is 1. The number of hydrogen-bond donors (Lipinski definition) is 2. The second kappa shape index (κ2) is 5.39. The number of benzene rings is 1. The summed E-state index contributed by atoms with van der Waals surface area (Å²) in [7, 11) is -2.49. The predicted octanol–water partition coefficient (Wildman–Crippen LogP) is -0.0963. The number of carboxylic acids is 1. The molecule has 1 saturated heterocycles. The molecule has 8 heteroatoms. The lowest BCUT2D eigenvalue weighted by Gasteiger charge is -2.20. The van der Waals surface area contributed by atoms with Crippen molar-refractivity contribution in [1.82, 2.24) is 4.31 Å². The van der Waals surface area contributed by atoms with E-state index in [1.807, 2.05) is 0 Å². The SMILES string of the molecule is COc1ccc(S(=O)(=O)N2C[C@@H](O)C[C@H]2C(=O)O)cc1. The van der Waals surface area contributed by atoms with Crippen LogP contribution in [-0.4, -0.2) is 54.7 Å². The maximum absolute atomic E-state index is 12.4. The molecular weight excluding hydrogens is 286 g/mol. The van der Waals surface area contributed by atoms with Crippen LogP contribution in [0, 0.1) is 0 Å². The summed E-state index contributed by atoms with van der Waals surface area (Å²) in [6, 6.07) is 4.41. The summed E-state index contributed by atoms with van der Waals surface area (Å²) >= 11 is 0. The van der Waals surface area contributed by atoms with E-state index in [1.165, 1.54) is 31.4 Å². The minimum absolute atomic E-state index is 0.0290. The van der Waals surface area contributed by atoms with Gasteiger partial charge in [-0.15, -0.1) is 0 Å². The number of carbonyl (C=O) groups is 1. The Balaban J connectivity index is 2.35. The zero-order valence-electron chi connectivity index (χ0n) is 10.8. The number of hydrogen-bond acceptors (Lipinski definition) is 5. The van der Waals surface area contributed by atoms with Gasteiger partial charge in [0.05, 0.1) is 18.1 Å². The molecule has 0 unspecified atom stereocenters. The normalized spacial score (nSPS) is 23.7. The van der Waals surface area contributed by atoms with Gasteiger partial charge in [0.25, 0.3) is 0 Å². The van der Waals surface area contributed by atoms with E-state index in [1.54, 1.807) is 0 Å². The zero-order chi connectivity index (χ0) is 14.9. The maximum atomic E-state index is 12.4. The highest BCUT2D eigenvalue weighted by Crippen LogP contribution is 2.27. The number of aliphatic carboxylic acids is 1. The minimum atomic E-state index is -3.95. The van der Waals surface area contributed by atoms with E-state index in [4.69, 9.17) is 9.84 Å². The van der Waals surface area contributed by atoms with E-state index in [9.17, 15) is 18.3 Å². The summed E-state index contributed by atoms with van der Waals surface area (Å²) in [6.45, 7) is -0.217. The molecule has 0 aliphatic carbocycles. The molecular formula is C12H15NO6S. The molecule has 0 spiro atoms. The smallest absolute Gasteiger partial charge is 0.322 e. The maximum Gasteiger partial charge on any atom is 0.322 e. The quantitative estimate of drug-likeness (QED) is 0.805. The highest BCUT2D eigenvalue weighted by Gasteiger charge is 2.43. The first-order valence-corrected chi connectivity index (χ1v) is 7.37. The van der Waals surface area contributed by atoms with Gasteiger partial charge < -0.3 is 14.9 Å². The van der Waals surface area contributed by atoms with Crippen LogP contribution >= 0.6 is 0 Å². The molecule has 1 aliphatic heterocycles. The molecule has 7 nitrogen and oxygen atoms in total. The van der Waals surface area contributed by atoms with Gasteiger partial charge in [-0.05, 0) is 24.3 Å². The summed E-state index contributed by atoms with van der Waals surface area (Å²) in [5.74, 6) is -0.765. The first kappa shape index (κ1) is 14.8. The van der Waals surface area contributed by atoms with Crippen LogP contribution in [0.5, 0.6) is 5.75 Å². The number of carboxylic acid groups (broad SMARTS) is 1. The van der Waals surface area contributed by atoms with Crippen LogP contribution in [-0.2, 0) is 14.8 Å². The summed E-state index contributed by atoms with van der Waals surface area (Å²) in [6.07, 6.45) is -1.07. The molecule has 1 heterocycles. The lowest BCUT2D eigenvalue weighted by Crippen LogP contribution is -2.40. The number of rotatable bonds is 4. The standard InChI is InChI=1S/C12H15NO6S/c1-19-9-2-4-10(5-3-9)20(17,18)13-7-8(14)6-11(13)12(15)16/h2-5,8,11,14H,6-7H2,1H3,(H,15,16)/t8-,11-/m0/s1. The van der Waals surface area contributed by atoms with Gasteiger partial charge >= 0.3 is 5.97 Å². The van der Waals surface area contributed by atoms with Gasteiger partial charge in [0, 0.05) is 13.0 Å². The van der Waals surface area contributed by atoms with Crippen LogP contribution in [0.4, 0.5) is 0 Å². The van der Waals surface area contributed by atoms with Crippen LogP contribution in [0.2, 0.25) is 0 Å². The lowest BCUT2D eigenvalue weighted by molar-refractivity contribution is -0.140. The lowest BCUT2D eigenvalue weighted by atomic mass is 10.2. The third-order valence-corrected chi connectivity index (χ3v) is 5.07. The van der Waals surface area contributed by atoms with E-state index in [0.717, 1.165) is 4.31 Å². The molecule has 110 valence electrons. The zero-order valence-corrected chi connectivity index (χ0v) is 11.6. The van der Waals surface area contributed by atoms with E-state index in [0.29, 0.717) is 5.75 Å². The van der Waals surface area contributed by atoms with Crippen molar-refractivity contribution in [1.29, 1.82) is 0 Å². The van der Waals surface area contributed by atoms with Crippen molar-refractivity contribution in [3.05, 3.63) is 24.3 Å². The van der Waals surface area contributed by atoms with Crippen LogP contribution in [0.1, 0.15) is 6.42 Å².